The number of hydrogen-bond donors (Lipinski definition) is 1. The smallest absolute Gasteiger partial charge is 0.248 e. The van der Waals surface area contributed by atoms with Gasteiger partial charge in [-0.3, -0.25) is 4.79 Å². The zero-order chi connectivity index (χ0) is 17.6. The number of likely N-dealkylation sites (tertiary alicyclic amines) is 1. The number of rotatable bonds is 5. The molecule has 0 bridgehead atoms. The second-order valence-electron chi connectivity index (χ2n) is 6.49. The van der Waals surface area contributed by atoms with E-state index in [9.17, 15) is 4.79 Å². The van der Waals surface area contributed by atoms with Crippen LogP contribution in [0.4, 0.5) is 11.5 Å². The molecule has 6 heteroatoms. The number of carbonyl (C=O) groups excluding carboxylic acids is 1. The first-order chi connectivity index (χ1) is 12.2. The molecule has 3 rings (SSSR count). The van der Waals surface area contributed by atoms with Crippen molar-refractivity contribution in [2.45, 2.75) is 19.3 Å². The first-order valence-electron chi connectivity index (χ1n) is 8.67. The Morgan fingerprint density at radius 3 is 2.72 bits per heavy atom. The third-order valence-corrected chi connectivity index (χ3v) is 4.70. The highest BCUT2D eigenvalue weighted by Crippen LogP contribution is 2.23. The predicted octanol–water partition coefficient (Wildman–Crippen LogP) is 2.02. The monoisotopic (exact) mass is 340 g/mol. The van der Waals surface area contributed by atoms with Crippen LogP contribution in [0, 0.1) is 5.92 Å². The number of anilines is 2. The molecule has 6 nitrogen and oxygen atoms in total. The molecule has 1 fully saturated rings. The van der Waals surface area contributed by atoms with Gasteiger partial charge in [0, 0.05) is 25.8 Å². The van der Waals surface area contributed by atoms with Crippen molar-refractivity contribution in [2.24, 2.45) is 5.92 Å². The van der Waals surface area contributed by atoms with Crippen LogP contribution in [-0.2, 0) is 11.2 Å². The average molecular weight is 340 g/mol. The number of amides is 1. The Bertz CT molecular complexity index is 690. The number of piperidine rings is 1. The van der Waals surface area contributed by atoms with Gasteiger partial charge in [-0.15, -0.1) is 5.10 Å². The van der Waals surface area contributed by atoms with Crippen LogP contribution in [0.3, 0.4) is 0 Å². The minimum atomic E-state index is -0.410. The molecule has 2 aromatic rings. The Kier molecular flexibility index (Phi) is 5.60. The number of hydrogen-bond acceptors (Lipinski definition) is 5. The topological polar surface area (TPSA) is 69.6 Å². The zero-order valence-electron chi connectivity index (χ0n) is 14.5. The van der Waals surface area contributed by atoms with Crippen molar-refractivity contribution >= 4 is 17.4 Å². The van der Waals surface area contributed by atoms with Gasteiger partial charge in [0.2, 0.25) is 5.91 Å². The first-order valence-corrected chi connectivity index (χ1v) is 8.67. The lowest BCUT2D eigenvalue weighted by molar-refractivity contribution is -0.136. The van der Waals surface area contributed by atoms with Gasteiger partial charge in [0.1, 0.15) is 6.61 Å². The van der Waals surface area contributed by atoms with Gasteiger partial charge in [0.15, 0.2) is 5.82 Å². The van der Waals surface area contributed by atoms with Gasteiger partial charge >= 0.3 is 0 Å². The third kappa shape index (κ3) is 4.33. The summed E-state index contributed by atoms with van der Waals surface area (Å²) in [5, 5.41) is 17.7. The molecular weight excluding hydrogens is 316 g/mol. The standard InChI is InChI=1S/C19H24N4O2/c1-22(17-7-3-2-4-8-17)18-10-9-16(20-21-18)12-15-6-5-11-23(13-15)19(25)14-24/h2-4,7-10,15,24H,5-6,11-14H2,1H3/t15-/m0/s1. The number of para-hydroxylation sites is 1. The third-order valence-electron chi connectivity index (χ3n) is 4.70. The molecule has 1 amide bonds. The van der Waals surface area contributed by atoms with Gasteiger partial charge < -0.3 is 14.9 Å². The molecule has 1 aliphatic heterocycles. The van der Waals surface area contributed by atoms with Crippen molar-refractivity contribution in [3.63, 3.8) is 0 Å². The maximum absolute atomic E-state index is 11.7. The normalized spacial score (nSPS) is 17.4. The first kappa shape index (κ1) is 17.4. The molecule has 0 spiro atoms. The highest BCUT2D eigenvalue weighted by Gasteiger charge is 2.23. The lowest BCUT2D eigenvalue weighted by atomic mass is 9.93. The number of aliphatic hydroxyl groups is 1. The highest BCUT2D eigenvalue weighted by molar-refractivity contribution is 5.77. The fourth-order valence-electron chi connectivity index (χ4n) is 3.28. The summed E-state index contributed by atoms with van der Waals surface area (Å²) in [7, 11) is 1.97. The molecule has 1 aromatic carbocycles. The van der Waals surface area contributed by atoms with Crippen molar-refractivity contribution in [1.82, 2.24) is 15.1 Å². The molecular formula is C19H24N4O2. The fraction of sp³-hybridized carbons (Fsp3) is 0.421. The lowest BCUT2D eigenvalue weighted by Gasteiger charge is -2.32. The number of carbonyl (C=O) groups is 1. The minimum Gasteiger partial charge on any atom is -0.387 e. The predicted molar refractivity (Wildman–Crippen MR) is 96.6 cm³/mol. The number of aliphatic hydroxyl groups excluding tert-OH is 1. The summed E-state index contributed by atoms with van der Waals surface area (Å²) >= 11 is 0. The van der Waals surface area contributed by atoms with Crippen LogP contribution in [0.15, 0.2) is 42.5 Å². The zero-order valence-corrected chi connectivity index (χ0v) is 14.5. The molecule has 1 aliphatic rings. The minimum absolute atomic E-state index is 0.185. The van der Waals surface area contributed by atoms with Gasteiger partial charge in [-0.2, -0.15) is 5.10 Å². The molecule has 0 unspecified atom stereocenters. The summed E-state index contributed by atoms with van der Waals surface area (Å²) in [6, 6.07) is 14.0. The van der Waals surface area contributed by atoms with E-state index in [1.54, 1.807) is 4.90 Å². The van der Waals surface area contributed by atoms with Crippen molar-refractivity contribution in [1.29, 1.82) is 0 Å². The maximum atomic E-state index is 11.7. The van der Waals surface area contributed by atoms with Crippen LogP contribution in [0.2, 0.25) is 0 Å². The van der Waals surface area contributed by atoms with E-state index in [4.69, 9.17) is 5.11 Å². The van der Waals surface area contributed by atoms with E-state index >= 15 is 0 Å². The van der Waals surface area contributed by atoms with Crippen LogP contribution < -0.4 is 4.90 Å². The molecule has 1 saturated heterocycles. The molecule has 1 atom stereocenters. The van der Waals surface area contributed by atoms with E-state index in [1.165, 1.54) is 0 Å². The van der Waals surface area contributed by atoms with Crippen molar-refractivity contribution in [3.05, 3.63) is 48.2 Å². The van der Waals surface area contributed by atoms with Crippen LogP contribution in [0.5, 0.6) is 0 Å². The summed E-state index contributed by atoms with van der Waals surface area (Å²) in [5.74, 6) is 0.988. The quantitative estimate of drug-likeness (QED) is 0.902. The molecule has 132 valence electrons. The molecule has 0 saturated carbocycles. The van der Waals surface area contributed by atoms with Gasteiger partial charge in [-0.1, -0.05) is 18.2 Å². The van der Waals surface area contributed by atoms with E-state index in [0.717, 1.165) is 43.0 Å². The SMILES string of the molecule is CN(c1ccccc1)c1ccc(C[C@@H]2CCCN(C(=O)CO)C2)nn1. The van der Waals surface area contributed by atoms with Gasteiger partial charge in [0.25, 0.3) is 0 Å². The summed E-state index contributed by atoms with van der Waals surface area (Å²) in [6.07, 6.45) is 2.85. The molecule has 2 heterocycles. The number of aromatic nitrogens is 2. The number of nitrogens with zero attached hydrogens (tertiary/aromatic N) is 4. The van der Waals surface area contributed by atoms with Gasteiger partial charge in [-0.05, 0) is 49.4 Å². The van der Waals surface area contributed by atoms with E-state index < -0.39 is 6.61 Å². The van der Waals surface area contributed by atoms with E-state index in [-0.39, 0.29) is 5.91 Å². The van der Waals surface area contributed by atoms with E-state index in [2.05, 4.69) is 10.2 Å². The largest absolute Gasteiger partial charge is 0.387 e. The summed E-state index contributed by atoms with van der Waals surface area (Å²) < 4.78 is 0. The van der Waals surface area contributed by atoms with Crippen LogP contribution in [0.1, 0.15) is 18.5 Å². The molecule has 1 aromatic heterocycles. The van der Waals surface area contributed by atoms with Crippen LogP contribution in [-0.4, -0.2) is 52.9 Å². The maximum Gasteiger partial charge on any atom is 0.248 e. The Morgan fingerprint density at radius 1 is 1.24 bits per heavy atom. The molecule has 0 aliphatic carbocycles. The fourth-order valence-corrected chi connectivity index (χ4v) is 3.28. The van der Waals surface area contributed by atoms with Crippen molar-refractivity contribution in [3.8, 4) is 0 Å². The van der Waals surface area contributed by atoms with E-state index in [0.29, 0.717) is 12.5 Å². The summed E-state index contributed by atoms with van der Waals surface area (Å²) in [6.45, 7) is 1.02. The average Bonchev–Trinajstić information content (AvgIpc) is 2.68. The van der Waals surface area contributed by atoms with Gasteiger partial charge in [-0.25, -0.2) is 0 Å². The van der Waals surface area contributed by atoms with Crippen molar-refractivity contribution in [2.75, 3.05) is 31.6 Å². The Morgan fingerprint density at radius 2 is 2.04 bits per heavy atom. The van der Waals surface area contributed by atoms with Crippen molar-refractivity contribution < 1.29 is 9.90 Å². The second kappa shape index (κ2) is 8.07. The lowest BCUT2D eigenvalue weighted by Crippen LogP contribution is -2.41. The number of benzene rings is 1. The molecule has 1 N–H and O–H groups in total. The van der Waals surface area contributed by atoms with Crippen LogP contribution in [0.25, 0.3) is 0 Å². The summed E-state index contributed by atoms with van der Waals surface area (Å²) in [5.41, 5.74) is 2.00. The molecule has 0 radical (unpaired) electrons. The Labute approximate surface area is 148 Å². The van der Waals surface area contributed by atoms with E-state index in [1.807, 2.05) is 54.4 Å². The Balaban J connectivity index is 1.62. The highest BCUT2D eigenvalue weighted by atomic mass is 16.3. The Hall–Kier alpha value is -2.47. The second-order valence-corrected chi connectivity index (χ2v) is 6.49. The summed E-state index contributed by atoms with van der Waals surface area (Å²) in [4.78, 5) is 15.4. The van der Waals surface area contributed by atoms with Crippen LogP contribution >= 0.6 is 0 Å². The van der Waals surface area contributed by atoms with Gasteiger partial charge in [0.05, 0.1) is 5.69 Å². The molecule has 25 heavy (non-hydrogen) atoms.